The van der Waals surface area contributed by atoms with Crippen molar-refractivity contribution in [2.75, 3.05) is 13.2 Å². The smallest absolute Gasteiger partial charge is 0.527 e. The van der Waals surface area contributed by atoms with Crippen molar-refractivity contribution < 1.29 is 18.8 Å². The van der Waals surface area contributed by atoms with Crippen molar-refractivity contribution in [3.63, 3.8) is 0 Å². The van der Waals surface area contributed by atoms with Gasteiger partial charge in [-0.2, -0.15) is 0 Å². The first-order chi connectivity index (χ1) is 11.3. The Kier molecular flexibility index (Phi) is 7.03. The van der Waals surface area contributed by atoms with Crippen LogP contribution < -0.4 is 18.8 Å². The molecule has 0 aliphatic carbocycles. The second-order valence-corrected chi connectivity index (χ2v) is 4.82. The lowest BCUT2D eigenvalue weighted by molar-refractivity contribution is 0.314. The maximum Gasteiger partial charge on any atom is 0.576 e. The molecule has 0 fully saturated rings. The zero-order chi connectivity index (χ0) is 16.3. The molecule has 0 aromatic carbocycles. The van der Waals surface area contributed by atoms with E-state index in [4.69, 9.17) is 18.8 Å². The maximum absolute atomic E-state index is 5.52. The van der Waals surface area contributed by atoms with Gasteiger partial charge >= 0.3 is 7.69 Å². The molecule has 0 amide bonds. The Hall–Kier alpha value is -2.44. The van der Waals surface area contributed by atoms with Crippen LogP contribution in [0.2, 0.25) is 0 Å². The fraction of sp³-hybridized carbons (Fsp3) is 0.375. The summed E-state index contributed by atoms with van der Waals surface area (Å²) in [5, 5.41) is 0. The molecule has 2 heterocycles. The van der Waals surface area contributed by atoms with Gasteiger partial charge in [0.2, 0.25) is 0 Å². The first-order valence-electron chi connectivity index (χ1n) is 7.73. The molecule has 0 aliphatic rings. The number of rotatable bonds is 10. The van der Waals surface area contributed by atoms with Gasteiger partial charge in [0.1, 0.15) is 23.0 Å². The predicted octanol–water partition coefficient (Wildman–Crippen LogP) is 2.78. The van der Waals surface area contributed by atoms with Crippen LogP contribution in [0.4, 0.5) is 0 Å². The summed E-state index contributed by atoms with van der Waals surface area (Å²) in [6, 6.07) is 3.57. The minimum atomic E-state index is 0.0534. The Morgan fingerprint density at radius 3 is 1.61 bits per heavy atom. The average molecular weight is 316 g/mol. The quantitative estimate of drug-likeness (QED) is 0.628. The van der Waals surface area contributed by atoms with Crippen molar-refractivity contribution in [1.29, 1.82) is 0 Å². The zero-order valence-electron chi connectivity index (χ0n) is 13.5. The van der Waals surface area contributed by atoms with Crippen molar-refractivity contribution in [3.8, 4) is 23.0 Å². The Morgan fingerprint density at radius 2 is 1.17 bits per heavy atom. The molecule has 0 atom stereocenters. The van der Waals surface area contributed by atoms with Gasteiger partial charge in [0.05, 0.1) is 38.0 Å². The van der Waals surface area contributed by atoms with Crippen LogP contribution in [0.3, 0.4) is 0 Å². The van der Waals surface area contributed by atoms with E-state index in [2.05, 4.69) is 9.97 Å². The van der Waals surface area contributed by atoms with Crippen molar-refractivity contribution in [3.05, 3.63) is 36.9 Å². The van der Waals surface area contributed by atoms with Crippen LogP contribution in [-0.4, -0.2) is 30.9 Å². The molecular formula is C16H21BN2O4. The Morgan fingerprint density at radius 1 is 0.739 bits per heavy atom. The highest BCUT2D eigenvalue weighted by molar-refractivity contribution is 6.20. The van der Waals surface area contributed by atoms with Crippen LogP contribution in [0, 0.1) is 0 Å². The summed E-state index contributed by atoms with van der Waals surface area (Å²) < 4.78 is 22.0. The van der Waals surface area contributed by atoms with Gasteiger partial charge in [0.25, 0.3) is 0 Å². The van der Waals surface area contributed by atoms with E-state index >= 15 is 0 Å². The Bertz CT molecular complexity index is 546. The van der Waals surface area contributed by atoms with Crippen LogP contribution in [0.15, 0.2) is 36.9 Å². The number of aromatic nitrogens is 2. The number of hydrogen-bond donors (Lipinski definition) is 0. The van der Waals surface area contributed by atoms with E-state index in [1.165, 1.54) is 0 Å². The second-order valence-electron chi connectivity index (χ2n) is 4.82. The van der Waals surface area contributed by atoms with Crippen molar-refractivity contribution >= 4 is 7.69 Å². The van der Waals surface area contributed by atoms with E-state index in [0.717, 1.165) is 12.8 Å². The summed E-state index contributed by atoms with van der Waals surface area (Å²) in [7, 11) is 0.0534. The van der Waals surface area contributed by atoms with Gasteiger partial charge in [-0.05, 0) is 12.8 Å². The molecule has 0 radical (unpaired) electrons. The molecule has 0 unspecified atom stereocenters. The highest BCUT2D eigenvalue weighted by atomic mass is 16.6. The van der Waals surface area contributed by atoms with Gasteiger partial charge in [-0.1, -0.05) is 13.8 Å². The first kappa shape index (κ1) is 16.9. The molecule has 122 valence electrons. The lowest BCUT2D eigenvalue weighted by Gasteiger charge is -2.10. The lowest BCUT2D eigenvalue weighted by atomic mass is 10.3. The minimum absolute atomic E-state index is 0.0534. The fourth-order valence-corrected chi connectivity index (χ4v) is 1.72. The summed E-state index contributed by atoms with van der Waals surface area (Å²) in [6.07, 6.45) is 8.42. The van der Waals surface area contributed by atoms with Crippen LogP contribution in [-0.2, 0) is 0 Å². The van der Waals surface area contributed by atoms with E-state index in [9.17, 15) is 0 Å². The molecule has 2 aromatic heterocycles. The minimum Gasteiger partial charge on any atom is -0.527 e. The predicted molar refractivity (Wildman–Crippen MR) is 88.5 cm³/mol. The van der Waals surface area contributed by atoms with Crippen LogP contribution in [0.5, 0.6) is 23.0 Å². The SMILES string of the molecule is CCCOc1cncc(OBOc2cncc(OCCC)c2)c1. The fourth-order valence-electron chi connectivity index (χ4n) is 1.72. The highest BCUT2D eigenvalue weighted by Gasteiger charge is 2.04. The van der Waals surface area contributed by atoms with Gasteiger partial charge in [-0.15, -0.1) is 0 Å². The van der Waals surface area contributed by atoms with Crippen molar-refractivity contribution in [1.82, 2.24) is 9.97 Å². The number of hydrogen-bond acceptors (Lipinski definition) is 6. The van der Waals surface area contributed by atoms with E-state index in [1.54, 1.807) is 36.9 Å². The van der Waals surface area contributed by atoms with Crippen molar-refractivity contribution in [2.45, 2.75) is 26.7 Å². The zero-order valence-corrected chi connectivity index (χ0v) is 13.5. The largest absolute Gasteiger partial charge is 0.576 e. The average Bonchev–Trinajstić information content (AvgIpc) is 2.59. The van der Waals surface area contributed by atoms with Crippen LogP contribution in [0.25, 0.3) is 0 Å². The normalized spacial score (nSPS) is 10.0. The number of pyridine rings is 2. The molecule has 2 aromatic rings. The van der Waals surface area contributed by atoms with Gasteiger partial charge in [-0.25, -0.2) is 0 Å². The third-order valence-electron chi connectivity index (χ3n) is 2.77. The third kappa shape index (κ3) is 6.06. The van der Waals surface area contributed by atoms with Gasteiger partial charge in [-0.3, -0.25) is 9.97 Å². The van der Waals surface area contributed by atoms with Gasteiger partial charge in [0, 0.05) is 12.1 Å². The summed E-state index contributed by atoms with van der Waals surface area (Å²) in [6.45, 7) is 5.40. The molecule has 0 saturated carbocycles. The number of nitrogens with zero attached hydrogens (tertiary/aromatic N) is 2. The first-order valence-corrected chi connectivity index (χ1v) is 7.73. The van der Waals surface area contributed by atoms with Crippen LogP contribution in [0.1, 0.15) is 26.7 Å². The molecule has 6 nitrogen and oxygen atoms in total. The van der Waals surface area contributed by atoms with Gasteiger partial charge < -0.3 is 18.8 Å². The molecule has 0 aliphatic heterocycles. The monoisotopic (exact) mass is 316 g/mol. The summed E-state index contributed by atoms with van der Waals surface area (Å²) in [5.74, 6) is 2.54. The third-order valence-corrected chi connectivity index (χ3v) is 2.77. The topological polar surface area (TPSA) is 62.7 Å². The van der Waals surface area contributed by atoms with Crippen LogP contribution >= 0.6 is 0 Å². The van der Waals surface area contributed by atoms with E-state index in [0.29, 0.717) is 36.2 Å². The molecule has 7 heteroatoms. The summed E-state index contributed by atoms with van der Waals surface area (Å²) in [5.41, 5.74) is 0. The van der Waals surface area contributed by atoms with Gasteiger partial charge in [0.15, 0.2) is 0 Å². The maximum atomic E-state index is 5.52. The Labute approximate surface area is 137 Å². The molecule has 0 bridgehead atoms. The highest BCUT2D eigenvalue weighted by Crippen LogP contribution is 2.19. The van der Waals surface area contributed by atoms with E-state index < -0.39 is 0 Å². The summed E-state index contributed by atoms with van der Waals surface area (Å²) in [4.78, 5) is 8.15. The molecule has 0 saturated heterocycles. The molecule has 0 spiro atoms. The number of ether oxygens (including phenoxy) is 2. The summed E-state index contributed by atoms with van der Waals surface area (Å²) >= 11 is 0. The molecular weight excluding hydrogens is 295 g/mol. The molecule has 2 rings (SSSR count). The second kappa shape index (κ2) is 9.56. The molecule has 23 heavy (non-hydrogen) atoms. The van der Waals surface area contributed by atoms with Crippen molar-refractivity contribution in [2.24, 2.45) is 0 Å². The molecule has 0 N–H and O–H groups in total. The Balaban J connectivity index is 1.82. The van der Waals surface area contributed by atoms with E-state index in [-0.39, 0.29) is 7.69 Å². The standard InChI is InChI=1S/C16H21BN2O4/c1-3-5-20-13-7-15(11-18-9-13)22-17-23-16-8-14(10-19-12-16)21-6-4-2/h7-12,17H,3-6H2,1-2H3. The lowest BCUT2D eigenvalue weighted by Crippen LogP contribution is -2.11. The van der Waals surface area contributed by atoms with E-state index in [1.807, 2.05) is 13.8 Å².